The van der Waals surface area contributed by atoms with Crippen molar-refractivity contribution in [3.05, 3.63) is 0 Å². The summed E-state index contributed by atoms with van der Waals surface area (Å²) in [5.74, 6) is 0.809. The molecule has 0 aromatic heterocycles. The summed E-state index contributed by atoms with van der Waals surface area (Å²) in [7, 11) is 1.96. The molecule has 1 aliphatic rings. The average Bonchev–Trinajstić information content (AvgIpc) is 2.50. The molecule has 1 heteroatoms. The predicted molar refractivity (Wildman–Crippen MR) is 59.4 cm³/mol. The predicted octanol–water partition coefficient (Wildman–Crippen LogP) is 3.68. The van der Waals surface area contributed by atoms with Gasteiger partial charge in [0.2, 0.25) is 0 Å². The molecule has 0 N–H and O–H groups in total. The first-order valence-corrected chi connectivity index (χ1v) is 5.48. The van der Waals surface area contributed by atoms with Gasteiger partial charge >= 0.3 is 0 Å². The van der Waals surface area contributed by atoms with Crippen molar-refractivity contribution in [1.29, 1.82) is 0 Å². The lowest BCUT2D eigenvalue weighted by Gasteiger charge is -2.22. The Kier molecular flexibility index (Phi) is 3.52. The van der Waals surface area contributed by atoms with E-state index in [1.807, 2.05) is 7.05 Å². The quantitative estimate of drug-likeness (QED) is 0.576. The van der Waals surface area contributed by atoms with Gasteiger partial charge in [-0.15, -0.1) is 0 Å². The highest BCUT2D eigenvalue weighted by atomic mass is 14.7. The van der Waals surface area contributed by atoms with E-state index in [0.29, 0.717) is 5.41 Å². The maximum Gasteiger partial charge on any atom is 0.0276 e. The van der Waals surface area contributed by atoms with E-state index in [2.05, 4.69) is 25.8 Å². The van der Waals surface area contributed by atoms with Crippen molar-refractivity contribution >= 4 is 5.71 Å². The van der Waals surface area contributed by atoms with Crippen LogP contribution >= 0.6 is 0 Å². The van der Waals surface area contributed by atoms with Gasteiger partial charge in [0.15, 0.2) is 0 Å². The summed E-state index contributed by atoms with van der Waals surface area (Å²) in [6.45, 7) is 6.90. The first-order chi connectivity index (χ1) is 6.03. The Labute approximate surface area is 82.6 Å². The molecule has 0 saturated heterocycles. The van der Waals surface area contributed by atoms with Crippen molar-refractivity contribution in [3.8, 4) is 0 Å². The Morgan fingerprint density at radius 3 is 2.15 bits per heavy atom. The summed E-state index contributed by atoms with van der Waals surface area (Å²) in [4.78, 5) is 4.47. The van der Waals surface area contributed by atoms with Gasteiger partial charge in [0, 0.05) is 12.8 Å². The largest absolute Gasteiger partial charge is 0.297 e. The molecule has 0 amide bonds. The van der Waals surface area contributed by atoms with Gasteiger partial charge in [0.05, 0.1) is 0 Å². The van der Waals surface area contributed by atoms with Crippen molar-refractivity contribution < 1.29 is 0 Å². The molecule has 0 spiro atoms. The number of rotatable bonds is 2. The second-order valence-electron chi connectivity index (χ2n) is 5.43. The Morgan fingerprint density at radius 1 is 1.23 bits per heavy atom. The standard InChI is InChI=1S/C12H23N/c1-12(2,3)9-11(13-4)10-7-5-6-8-10/h10H,5-9H2,1-4H3. The highest BCUT2D eigenvalue weighted by Crippen LogP contribution is 2.31. The van der Waals surface area contributed by atoms with Gasteiger partial charge in [0.1, 0.15) is 0 Å². The molecule has 0 heterocycles. The van der Waals surface area contributed by atoms with E-state index < -0.39 is 0 Å². The van der Waals surface area contributed by atoms with Gasteiger partial charge in [-0.1, -0.05) is 33.6 Å². The molecule has 1 aliphatic carbocycles. The maximum atomic E-state index is 4.47. The summed E-state index contributed by atoms with van der Waals surface area (Å²) in [6.07, 6.45) is 6.75. The summed E-state index contributed by atoms with van der Waals surface area (Å²) in [5, 5.41) is 0. The van der Waals surface area contributed by atoms with Crippen LogP contribution in [0.15, 0.2) is 4.99 Å². The topological polar surface area (TPSA) is 12.4 Å². The fourth-order valence-electron chi connectivity index (χ4n) is 2.21. The summed E-state index contributed by atoms with van der Waals surface area (Å²) in [6, 6.07) is 0. The van der Waals surface area contributed by atoms with Crippen LogP contribution in [0.2, 0.25) is 0 Å². The molecule has 76 valence electrons. The Hall–Kier alpha value is -0.330. The van der Waals surface area contributed by atoms with Gasteiger partial charge in [-0.3, -0.25) is 4.99 Å². The number of nitrogens with zero attached hydrogens (tertiary/aromatic N) is 1. The molecule has 1 rings (SSSR count). The van der Waals surface area contributed by atoms with E-state index in [1.165, 1.54) is 37.8 Å². The minimum absolute atomic E-state index is 0.400. The van der Waals surface area contributed by atoms with Gasteiger partial charge in [0.25, 0.3) is 0 Å². The van der Waals surface area contributed by atoms with E-state index in [0.717, 1.165) is 5.92 Å². The molecule has 0 aliphatic heterocycles. The van der Waals surface area contributed by atoms with Crippen LogP contribution < -0.4 is 0 Å². The van der Waals surface area contributed by atoms with Crippen molar-refractivity contribution in [2.75, 3.05) is 7.05 Å². The monoisotopic (exact) mass is 181 g/mol. The fourth-order valence-corrected chi connectivity index (χ4v) is 2.21. The van der Waals surface area contributed by atoms with Crippen LogP contribution in [-0.2, 0) is 0 Å². The van der Waals surface area contributed by atoms with Crippen molar-refractivity contribution in [1.82, 2.24) is 0 Å². The third kappa shape index (κ3) is 3.50. The fraction of sp³-hybridized carbons (Fsp3) is 0.917. The van der Waals surface area contributed by atoms with Gasteiger partial charge in [-0.05, 0) is 30.6 Å². The van der Waals surface area contributed by atoms with Crippen LogP contribution in [0.1, 0.15) is 52.9 Å². The second kappa shape index (κ2) is 4.26. The van der Waals surface area contributed by atoms with E-state index in [1.54, 1.807) is 0 Å². The zero-order valence-electron chi connectivity index (χ0n) is 9.56. The van der Waals surface area contributed by atoms with E-state index >= 15 is 0 Å². The second-order valence-corrected chi connectivity index (χ2v) is 5.43. The average molecular weight is 181 g/mol. The number of aliphatic imine (C=N–C) groups is 1. The van der Waals surface area contributed by atoms with Crippen LogP contribution in [0.4, 0.5) is 0 Å². The molecule has 1 fully saturated rings. The first-order valence-electron chi connectivity index (χ1n) is 5.48. The third-order valence-electron chi connectivity index (χ3n) is 2.83. The molecule has 1 saturated carbocycles. The molecule has 1 nitrogen and oxygen atoms in total. The van der Waals surface area contributed by atoms with E-state index in [4.69, 9.17) is 0 Å². The van der Waals surface area contributed by atoms with Crippen molar-refractivity contribution in [2.45, 2.75) is 52.9 Å². The summed E-state index contributed by atoms with van der Waals surface area (Å²) < 4.78 is 0. The van der Waals surface area contributed by atoms with Gasteiger partial charge < -0.3 is 0 Å². The van der Waals surface area contributed by atoms with Gasteiger partial charge in [-0.2, -0.15) is 0 Å². The van der Waals surface area contributed by atoms with Crippen LogP contribution in [0.5, 0.6) is 0 Å². The molecule has 0 radical (unpaired) electrons. The number of hydrogen-bond acceptors (Lipinski definition) is 1. The highest BCUT2D eigenvalue weighted by Gasteiger charge is 2.23. The SMILES string of the molecule is CN=C(CC(C)(C)C)C1CCCC1. The van der Waals surface area contributed by atoms with Gasteiger partial charge in [-0.25, -0.2) is 0 Å². The molecule has 0 bridgehead atoms. The van der Waals surface area contributed by atoms with E-state index in [9.17, 15) is 0 Å². The smallest absolute Gasteiger partial charge is 0.0276 e. The van der Waals surface area contributed by atoms with E-state index in [-0.39, 0.29) is 0 Å². The molecule has 0 aromatic carbocycles. The van der Waals surface area contributed by atoms with Crippen LogP contribution in [-0.4, -0.2) is 12.8 Å². The summed E-state index contributed by atoms with van der Waals surface area (Å²) in [5.41, 5.74) is 1.86. The zero-order chi connectivity index (χ0) is 9.90. The Balaban J connectivity index is 2.53. The van der Waals surface area contributed by atoms with Crippen LogP contribution in [0.3, 0.4) is 0 Å². The lowest BCUT2D eigenvalue weighted by atomic mass is 9.84. The molecule has 13 heavy (non-hydrogen) atoms. The molecule has 0 aromatic rings. The van der Waals surface area contributed by atoms with Crippen LogP contribution in [0.25, 0.3) is 0 Å². The lowest BCUT2D eigenvalue weighted by Crippen LogP contribution is -2.19. The number of hydrogen-bond donors (Lipinski definition) is 0. The van der Waals surface area contributed by atoms with Crippen LogP contribution in [0, 0.1) is 11.3 Å². The normalized spacial score (nSPS) is 21.1. The Morgan fingerprint density at radius 2 is 1.77 bits per heavy atom. The highest BCUT2D eigenvalue weighted by molar-refractivity contribution is 5.87. The third-order valence-corrected chi connectivity index (χ3v) is 2.83. The zero-order valence-corrected chi connectivity index (χ0v) is 9.56. The van der Waals surface area contributed by atoms with Crippen molar-refractivity contribution in [3.63, 3.8) is 0 Å². The lowest BCUT2D eigenvalue weighted by molar-refractivity contribution is 0.424. The molecular weight excluding hydrogens is 158 g/mol. The molecular formula is C12H23N. The summed E-state index contributed by atoms with van der Waals surface area (Å²) >= 11 is 0. The minimum Gasteiger partial charge on any atom is -0.297 e. The molecule has 0 unspecified atom stereocenters. The maximum absolute atomic E-state index is 4.47. The minimum atomic E-state index is 0.400. The Bertz CT molecular complexity index is 180. The first kappa shape index (κ1) is 10.7. The van der Waals surface area contributed by atoms with Crippen molar-refractivity contribution in [2.24, 2.45) is 16.3 Å². The molecule has 0 atom stereocenters.